The minimum Gasteiger partial charge on any atom is -0.383 e. The molecule has 0 saturated carbocycles. The first kappa shape index (κ1) is 20.6. The van der Waals surface area contributed by atoms with Crippen molar-refractivity contribution in [1.29, 1.82) is 0 Å². The average Bonchev–Trinajstić information content (AvgIpc) is 3.45. The number of anilines is 2. The number of nitrogens with two attached hydrogens (primary N) is 1. The number of fused-ring (bicyclic) bond motifs is 1. The number of aromatic amines is 1. The SMILES string of the molecule is Cc1noc(-c2c(N)ncnc2NC(C)c2cc3cccc(Cl)c3c(=O)n2-c2ccn[nH]2)n1. The molecule has 1 atom stereocenters. The van der Waals surface area contributed by atoms with Gasteiger partial charge in [-0.25, -0.2) is 9.97 Å². The van der Waals surface area contributed by atoms with E-state index in [4.69, 9.17) is 21.9 Å². The van der Waals surface area contributed by atoms with Crippen LogP contribution < -0.4 is 16.6 Å². The first-order valence-electron chi connectivity index (χ1n) is 9.95. The van der Waals surface area contributed by atoms with Gasteiger partial charge in [-0.05, 0) is 31.4 Å². The van der Waals surface area contributed by atoms with E-state index < -0.39 is 6.04 Å². The lowest BCUT2D eigenvalue weighted by atomic mass is 10.1. The van der Waals surface area contributed by atoms with Gasteiger partial charge in [0, 0.05) is 6.07 Å². The normalized spacial score (nSPS) is 12.2. The van der Waals surface area contributed by atoms with Crippen molar-refractivity contribution in [1.82, 2.24) is 34.9 Å². The Labute approximate surface area is 191 Å². The minimum atomic E-state index is -0.415. The monoisotopic (exact) mass is 463 g/mol. The molecule has 12 heteroatoms. The standard InChI is InChI=1S/C21H18ClN9O2/c1-10(27-19-17(18(23)24-9-25-19)20-28-11(2)30-33-20)14-8-12-4-3-5-13(22)16(12)21(32)31(14)15-6-7-26-29-15/h3-10H,1-2H3,(H,26,29)(H3,23,24,25,27). The Hall–Kier alpha value is -4.25. The highest BCUT2D eigenvalue weighted by Crippen LogP contribution is 2.32. The van der Waals surface area contributed by atoms with E-state index in [2.05, 4.69) is 35.6 Å². The zero-order valence-electron chi connectivity index (χ0n) is 17.6. The van der Waals surface area contributed by atoms with E-state index in [0.29, 0.717) is 44.5 Å². The zero-order valence-corrected chi connectivity index (χ0v) is 18.3. The van der Waals surface area contributed by atoms with Crippen LogP contribution >= 0.6 is 11.6 Å². The van der Waals surface area contributed by atoms with E-state index >= 15 is 0 Å². The van der Waals surface area contributed by atoms with E-state index in [1.165, 1.54) is 10.9 Å². The number of rotatable bonds is 5. The molecule has 0 spiro atoms. The van der Waals surface area contributed by atoms with Gasteiger partial charge in [0.1, 0.15) is 29.3 Å². The van der Waals surface area contributed by atoms with E-state index in [1.54, 1.807) is 31.3 Å². The number of benzene rings is 1. The fourth-order valence-electron chi connectivity index (χ4n) is 3.68. The summed E-state index contributed by atoms with van der Waals surface area (Å²) in [6.45, 7) is 3.59. The van der Waals surface area contributed by atoms with Gasteiger partial charge in [-0.15, -0.1) is 0 Å². The van der Waals surface area contributed by atoms with Gasteiger partial charge in [-0.2, -0.15) is 10.1 Å². The Morgan fingerprint density at radius 2 is 2.12 bits per heavy atom. The Morgan fingerprint density at radius 1 is 1.27 bits per heavy atom. The molecule has 1 aromatic carbocycles. The largest absolute Gasteiger partial charge is 0.383 e. The molecule has 4 aromatic heterocycles. The van der Waals surface area contributed by atoms with Crippen molar-refractivity contribution in [2.75, 3.05) is 11.1 Å². The number of nitrogens with zero attached hydrogens (tertiary/aromatic N) is 6. The number of aromatic nitrogens is 7. The van der Waals surface area contributed by atoms with Crippen molar-refractivity contribution in [2.24, 2.45) is 0 Å². The predicted octanol–water partition coefficient (Wildman–Crippen LogP) is 3.27. The van der Waals surface area contributed by atoms with Gasteiger partial charge in [-0.3, -0.25) is 14.5 Å². The first-order chi connectivity index (χ1) is 15.9. The highest BCUT2D eigenvalue weighted by atomic mass is 35.5. The summed E-state index contributed by atoms with van der Waals surface area (Å²) in [5, 5.41) is 15.5. The molecule has 166 valence electrons. The number of nitrogen functional groups attached to an aromatic ring is 1. The maximum absolute atomic E-state index is 13.5. The van der Waals surface area contributed by atoms with Crippen LogP contribution in [0.25, 0.3) is 28.0 Å². The number of pyridine rings is 1. The number of nitrogens with one attached hydrogen (secondary N) is 2. The number of aryl methyl sites for hydroxylation is 1. The van der Waals surface area contributed by atoms with Crippen molar-refractivity contribution in [3.05, 3.63) is 69.8 Å². The van der Waals surface area contributed by atoms with Crippen molar-refractivity contribution in [3.8, 4) is 17.3 Å². The summed E-state index contributed by atoms with van der Waals surface area (Å²) >= 11 is 6.36. The van der Waals surface area contributed by atoms with Crippen molar-refractivity contribution >= 4 is 34.0 Å². The predicted molar refractivity (Wildman–Crippen MR) is 123 cm³/mol. The lowest BCUT2D eigenvalue weighted by Gasteiger charge is -2.21. The van der Waals surface area contributed by atoms with Crippen LogP contribution in [-0.4, -0.2) is 34.9 Å². The molecule has 0 saturated heterocycles. The van der Waals surface area contributed by atoms with Crippen LogP contribution in [0.5, 0.6) is 0 Å². The van der Waals surface area contributed by atoms with Gasteiger partial charge < -0.3 is 15.6 Å². The molecule has 0 aliphatic rings. The van der Waals surface area contributed by atoms with Crippen LogP contribution in [0.4, 0.5) is 11.6 Å². The molecule has 5 rings (SSSR count). The summed E-state index contributed by atoms with van der Waals surface area (Å²) in [5.74, 6) is 1.71. The number of halogens is 1. The number of hydrogen-bond acceptors (Lipinski definition) is 9. The van der Waals surface area contributed by atoms with Crippen LogP contribution in [0.15, 0.2) is 52.2 Å². The molecule has 4 N–H and O–H groups in total. The van der Waals surface area contributed by atoms with Gasteiger partial charge >= 0.3 is 0 Å². The van der Waals surface area contributed by atoms with Crippen LogP contribution in [0.3, 0.4) is 0 Å². The van der Waals surface area contributed by atoms with Crippen LogP contribution in [-0.2, 0) is 0 Å². The summed E-state index contributed by atoms with van der Waals surface area (Å²) in [5.41, 5.74) is 6.84. The van der Waals surface area contributed by atoms with E-state index in [9.17, 15) is 4.79 Å². The molecule has 0 aliphatic heterocycles. The van der Waals surface area contributed by atoms with E-state index in [0.717, 1.165) is 0 Å². The van der Waals surface area contributed by atoms with Gasteiger partial charge in [-0.1, -0.05) is 28.9 Å². The summed E-state index contributed by atoms with van der Waals surface area (Å²) in [4.78, 5) is 26.1. The van der Waals surface area contributed by atoms with Crippen molar-refractivity contribution < 1.29 is 4.52 Å². The molecule has 0 radical (unpaired) electrons. The average molecular weight is 464 g/mol. The molecule has 0 aliphatic carbocycles. The second-order valence-electron chi connectivity index (χ2n) is 7.35. The first-order valence-corrected chi connectivity index (χ1v) is 10.3. The smallest absolute Gasteiger partial charge is 0.265 e. The second kappa shape index (κ2) is 8.02. The molecule has 4 heterocycles. The van der Waals surface area contributed by atoms with Gasteiger partial charge in [0.2, 0.25) is 0 Å². The molecule has 5 aromatic rings. The highest BCUT2D eigenvalue weighted by Gasteiger charge is 2.23. The third kappa shape index (κ3) is 3.57. The fraction of sp³-hybridized carbons (Fsp3) is 0.143. The summed E-state index contributed by atoms with van der Waals surface area (Å²) in [6.07, 6.45) is 2.90. The number of hydrogen-bond donors (Lipinski definition) is 3. The van der Waals surface area contributed by atoms with E-state index in [-0.39, 0.29) is 17.3 Å². The Morgan fingerprint density at radius 3 is 2.85 bits per heavy atom. The molecule has 11 nitrogen and oxygen atoms in total. The second-order valence-corrected chi connectivity index (χ2v) is 7.76. The zero-order chi connectivity index (χ0) is 23.1. The van der Waals surface area contributed by atoms with Gasteiger partial charge in [0.15, 0.2) is 5.82 Å². The topological polar surface area (TPSA) is 153 Å². The van der Waals surface area contributed by atoms with Crippen LogP contribution in [0, 0.1) is 6.92 Å². The molecule has 0 bridgehead atoms. The molecule has 1 unspecified atom stereocenters. The van der Waals surface area contributed by atoms with Crippen molar-refractivity contribution in [3.63, 3.8) is 0 Å². The molecule has 0 fully saturated rings. The van der Waals surface area contributed by atoms with Crippen LogP contribution in [0.2, 0.25) is 5.02 Å². The summed E-state index contributed by atoms with van der Waals surface area (Å²) < 4.78 is 6.82. The Balaban J connectivity index is 1.66. The lowest BCUT2D eigenvalue weighted by molar-refractivity contribution is 0.425. The minimum absolute atomic E-state index is 0.180. The Kier molecular flexibility index (Phi) is 5.02. The van der Waals surface area contributed by atoms with Gasteiger partial charge in [0.05, 0.1) is 28.3 Å². The fourth-order valence-corrected chi connectivity index (χ4v) is 3.94. The van der Waals surface area contributed by atoms with Gasteiger partial charge in [0.25, 0.3) is 11.4 Å². The number of H-pyrrole nitrogens is 1. The quantitative estimate of drug-likeness (QED) is 0.356. The molecular weight excluding hydrogens is 446 g/mol. The molecule has 0 amide bonds. The highest BCUT2D eigenvalue weighted by molar-refractivity contribution is 6.35. The lowest BCUT2D eigenvalue weighted by Crippen LogP contribution is -2.26. The van der Waals surface area contributed by atoms with E-state index in [1.807, 2.05) is 19.1 Å². The summed E-state index contributed by atoms with van der Waals surface area (Å²) in [6, 6.07) is 8.50. The maximum atomic E-state index is 13.5. The third-order valence-electron chi connectivity index (χ3n) is 5.17. The molecular formula is C21H18ClN9O2. The van der Waals surface area contributed by atoms with Crippen LogP contribution in [0.1, 0.15) is 24.5 Å². The molecule has 33 heavy (non-hydrogen) atoms. The third-order valence-corrected chi connectivity index (χ3v) is 5.48. The maximum Gasteiger partial charge on any atom is 0.265 e. The summed E-state index contributed by atoms with van der Waals surface area (Å²) in [7, 11) is 0. The van der Waals surface area contributed by atoms with Crippen molar-refractivity contribution in [2.45, 2.75) is 19.9 Å². The Bertz CT molecular complexity index is 1530.